The lowest BCUT2D eigenvalue weighted by Gasteiger charge is -2.07. The molecule has 0 bridgehead atoms. The van der Waals surface area contributed by atoms with Crippen LogP contribution in [0.1, 0.15) is 15.9 Å². The zero-order chi connectivity index (χ0) is 14.5. The molecule has 20 heavy (non-hydrogen) atoms. The number of carbonyl (C=O) groups is 1. The van der Waals surface area contributed by atoms with E-state index in [-0.39, 0.29) is 17.2 Å². The summed E-state index contributed by atoms with van der Waals surface area (Å²) >= 11 is 3.34. The molecule has 0 saturated carbocycles. The fraction of sp³-hybridized carbons (Fsp3) is 0.133. The van der Waals surface area contributed by atoms with Crippen LogP contribution in [0, 0.1) is 5.82 Å². The molecule has 2 aromatic carbocycles. The molecule has 1 N–H and O–H groups in total. The summed E-state index contributed by atoms with van der Waals surface area (Å²) in [6, 6.07) is 11.7. The molecule has 0 spiro atoms. The summed E-state index contributed by atoms with van der Waals surface area (Å²) in [6.45, 7) is 0.389. The highest BCUT2D eigenvalue weighted by Gasteiger charge is 2.09. The zero-order valence-corrected chi connectivity index (χ0v) is 12.4. The summed E-state index contributed by atoms with van der Waals surface area (Å²) in [5.74, 6) is -0.757. The minimum Gasteiger partial charge on any atom is -0.494 e. The van der Waals surface area contributed by atoms with Gasteiger partial charge in [0.1, 0.15) is 0 Å². The Bertz CT molecular complexity index is 614. The van der Waals surface area contributed by atoms with E-state index in [1.807, 2.05) is 24.3 Å². The molecule has 0 saturated heterocycles. The van der Waals surface area contributed by atoms with Crippen LogP contribution in [0.25, 0.3) is 0 Å². The van der Waals surface area contributed by atoms with Crippen LogP contribution in [-0.4, -0.2) is 13.0 Å². The first-order valence-electron chi connectivity index (χ1n) is 5.96. The minimum atomic E-state index is -0.552. The van der Waals surface area contributed by atoms with E-state index in [4.69, 9.17) is 4.74 Å². The maximum atomic E-state index is 13.5. The van der Waals surface area contributed by atoms with Gasteiger partial charge in [-0.3, -0.25) is 4.79 Å². The monoisotopic (exact) mass is 337 g/mol. The van der Waals surface area contributed by atoms with Gasteiger partial charge in [0.2, 0.25) is 0 Å². The molecule has 1 amide bonds. The van der Waals surface area contributed by atoms with Crippen molar-refractivity contribution in [3.05, 3.63) is 63.9 Å². The van der Waals surface area contributed by atoms with E-state index in [9.17, 15) is 9.18 Å². The topological polar surface area (TPSA) is 38.3 Å². The van der Waals surface area contributed by atoms with Crippen LogP contribution in [0.4, 0.5) is 4.39 Å². The van der Waals surface area contributed by atoms with Crippen molar-refractivity contribution in [1.29, 1.82) is 0 Å². The van der Waals surface area contributed by atoms with Gasteiger partial charge in [0.05, 0.1) is 7.11 Å². The maximum Gasteiger partial charge on any atom is 0.251 e. The lowest BCUT2D eigenvalue weighted by molar-refractivity contribution is 0.0950. The molecule has 0 aliphatic heterocycles. The normalized spacial score (nSPS) is 10.2. The molecule has 0 heterocycles. The Hall–Kier alpha value is -1.88. The Balaban J connectivity index is 2.01. The SMILES string of the molecule is COc1ccc(C(=O)NCc2ccc(Br)cc2)cc1F. The second-order valence-corrected chi connectivity index (χ2v) is 5.07. The fourth-order valence-electron chi connectivity index (χ4n) is 1.69. The van der Waals surface area contributed by atoms with Gasteiger partial charge in [-0.2, -0.15) is 0 Å². The highest BCUT2D eigenvalue weighted by molar-refractivity contribution is 9.10. The summed E-state index contributed by atoms with van der Waals surface area (Å²) in [5.41, 5.74) is 1.23. The van der Waals surface area contributed by atoms with Crippen molar-refractivity contribution in [3.63, 3.8) is 0 Å². The average Bonchev–Trinajstić information content (AvgIpc) is 2.46. The molecule has 104 valence electrons. The maximum absolute atomic E-state index is 13.5. The first kappa shape index (κ1) is 14.5. The van der Waals surface area contributed by atoms with Crippen molar-refractivity contribution in [2.75, 3.05) is 7.11 Å². The Morgan fingerprint density at radius 3 is 2.55 bits per heavy atom. The molecular formula is C15H13BrFNO2. The number of methoxy groups -OCH3 is 1. The van der Waals surface area contributed by atoms with E-state index in [1.165, 1.54) is 19.2 Å². The van der Waals surface area contributed by atoms with E-state index in [2.05, 4.69) is 21.2 Å². The van der Waals surface area contributed by atoms with E-state index < -0.39 is 5.82 Å². The van der Waals surface area contributed by atoms with Crippen molar-refractivity contribution in [3.8, 4) is 5.75 Å². The first-order valence-corrected chi connectivity index (χ1v) is 6.75. The van der Waals surface area contributed by atoms with Crippen molar-refractivity contribution in [2.24, 2.45) is 0 Å². The standard InChI is InChI=1S/C15H13BrFNO2/c1-20-14-7-4-11(8-13(14)17)15(19)18-9-10-2-5-12(16)6-3-10/h2-8H,9H2,1H3,(H,18,19). The van der Waals surface area contributed by atoms with Crippen LogP contribution in [0.15, 0.2) is 46.9 Å². The Morgan fingerprint density at radius 1 is 1.25 bits per heavy atom. The van der Waals surface area contributed by atoms with Gasteiger partial charge in [0, 0.05) is 16.6 Å². The van der Waals surface area contributed by atoms with Crippen LogP contribution in [-0.2, 0) is 6.54 Å². The first-order chi connectivity index (χ1) is 9.60. The Morgan fingerprint density at radius 2 is 1.95 bits per heavy atom. The number of amides is 1. The van der Waals surface area contributed by atoms with Gasteiger partial charge in [-0.05, 0) is 35.9 Å². The molecule has 0 fully saturated rings. The van der Waals surface area contributed by atoms with E-state index >= 15 is 0 Å². The highest BCUT2D eigenvalue weighted by atomic mass is 79.9. The third kappa shape index (κ3) is 3.57. The third-order valence-electron chi connectivity index (χ3n) is 2.78. The minimum absolute atomic E-state index is 0.120. The molecule has 0 unspecified atom stereocenters. The van der Waals surface area contributed by atoms with Crippen molar-refractivity contribution >= 4 is 21.8 Å². The van der Waals surface area contributed by atoms with E-state index in [1.54, 1.807) is 0 Å². The number of nitrogens with one attached hydrogen (secondary N) is 1. The quantitative estimate of drug-likeness (QED) is 0.926. The van der Waals surface area contributed by atoms with Crippen molar-refractivity contribution in [1.82, 2.24) is 5.32 Å². The van der Waals surface area contributed by atoms with Gasteiger partial charge in [0.15, 0.2) is 11.6 Å². The molecular weight excluding hydrogens is 325 g/mol. The summed E-state index contributed by atoms with van der Waals surface area (Å²) in [4.78, 5) is 11.9. The number of carbonyl (C=O) groups excluding carboxylic acids is 1. The number of halogens is 2. The number of ether oxygens (including phenoxy) is 1. The van der Waals surface area contributed by atoms with Gasteiger partial charge in [-0.1, -0.05) is 28.1 Å². The van der Waals surface area contributed by atoms with Crippen LogP contribution in [0.3, 0.4) is 0 Å². The second-order valence-electron chi connectivity index (χ2n) is 4.16. The molecule has 2 rings (SSSR count). The van der Waals surface area contributed by atoms with Gasteiger partial charge in [-0.25, -0.2) is 4.39 Å². The van der Waals surface area contributed by atoms with Crippen molar-refractivity contribution in [2.45, 2.75) is 6.54 Å². The van der Waals surface area contributed by atoms with Gasteiger partial charge >= 0.3 is 0 Å². The molecule has 2 aromatic rings. The largest absolute Gasteiger partial charge is 0.494 e. The Kier molecular flexibility index (Phi) is 4.74. The lowest BCUT2D eigenvalue weighted by Crippen LogP contribution is -2.22. The van der Waals surface area contributed by atoms with Crippen LogP contribution in [0.5, 0.6) is 5.75 Å². The highest BCUT2D eigenvalue weighted by Crippen LogP contribution is 2.17. The number of benzene rings is 2. The molecule has 0 aromatic heterocycles. The molecule has 0 radical (unpaired) electrons. The van der Waals surface area contributed by atoms with Crippen molar-refractivity contribution < 1.29 is 13.9 Å². The van der Waals surface area contributed by atoms with E-state index in [0.717, 1.165) is 16.1 Å². The fourth-order valence-corrected chi connectivity index (χ4v) is 1.96. The third-order valence-corrected chi connectivity index (χ3v) is 3.31. The molecule has 3 nitrogen and oxygen atoms in total. The predicted octanol–water partition coefficient (Wildman–Crippen LogP) is 3.53. The van der Waals surface area contributed by atoms with Gasteiger partial charge in [0.25, 0.3) is 5.91 Å². The summed E-state index contributed by atoms with van der Waals surface area (Å²) in [7, 11) is 1.38. The number of rotatable bonds is 4. The van der Waals surface area contributed by atoms with Crippen LogP contribution >= 0.6 is 15.9 Å². The Labute approximate surface area is 124 Å². The summed E-state index contributed by atoms with van der Waals surface area (Å²) < 4.78 is 19.3. The lowest BCUT2D eigenvalue weighted by atomic mass is 10.2. The molecule has 0 aliphatic carbocycles. The summed E-state index contributed by atoms with van der Waals surface area (Å²) in [6.07, 6.45) is 0. The molecule has 0 aliphatic rings. The van der Waals surface area contributed by atoms with Crippen LogP contribution < -0.4 is 10.1 Å². The van der Waals surface area contributed by atoms with Gasteiger partial charge in [-0.15, -0.1) is 0 Å². The van der Waals surface area contributed by atoms with E-state index in [0.29, 0.717) is 6.54 Å². The van der Waals surface area contributed by atoms with Gasteiger partial charge < -0.3 is 10.1 Å². The number of hydrogen-bond donors (Lipinski definition) is 1. The number of hydrogen-bond acceptors (Lipinski definition) is 2. The summed E-state index contributed by atoms with van der Waals surface area (Å²) in [5, 5.41) is 2.74. The molecule has 5 heteroatoms. The second kappa shape index (κ2) is 6.52. The zero-order valence-electron chi connectivity index (χ0n) is 10.8. The van der Waals surface area contributed by atoms with Crippen LogP contribution in [0.2, 0.25) is 0 Å². The molecule has 0 atom stereocenters. The smallest absolute Gasteiger partial charge is 0.251 e. The predicted molar refractivity (Wildman–Crippen MR) is 78.3 cm³/mol. The average molecular weight is 338 g/mol.